The third-order valence-corrected chi connectivity index (χ3v) is 2.32. The number of aromatic nitrogens is 3. The summed E-state index contributed by atoms with van der Waals surface area (Å²) in [5.74, 6) is 0.508. The van der Waals surface area contributed by atoms with Gasteiger partial charge in [-0.15, -0.1) is 0 Å². The van der Waals surface area contributed by atoms with Crippen LogP contribution < -0.4 is 15.0 Å². The molecule has 0 aromatic carbocycles. The highest BCUT2D eigenvalue weighted by atomic mass is 19.3. The van der Waals surface area contributed by atoms with E-state index in [1.54, 1.807) is 0 Å². The van der Waals surface area contributed by atoms with Crippen molar-refractivity contribution in [3.8, 4) is 6.01 Å². The van der Waals surface area contributed by atoms with Crippen LogP contribution in [-0.4, -0.2) is 48.1 Å². The largest absolute Gasteiger partial charge is 0.463 e. The zero-order valence-electron chi connectivity index (χ0n) is 12.1. The van der Waals surface area contributed by atoms with Crippen LogP contribution in [0.3, 0.4) is 0 Å². The van der Waals surface area contributed by atoms with E-state index in [2.05, 4.69) is 20.3 Å². The SMILES string of the molecule is CCCNc1nc(OCCC)nc(N(C)CC(F)F)n1. The Morgan fingerprint density at radius 3 is 2.55 bits per heavy atom. The normalized spacial score (nSPS) is 10.7. The summed E-state index contributed by atoms with van der Waals surface area (Å²) in [6, 6.07) is 0.150. The molecule has 0 radical (unpaired) electrons. The van der Waals surface area contributed by atoms with Crippen molar-refractivity contribution in [3.63, 3.8) is 0 Å². The van der Waals surface area contributed by atoms with Crippen molar-refractivity contribution in [2.24, 2.45) is 0 Å². The van der Waals surface area contributed by atoms with Gasteiger partial charge in [-0.3, -0.25) is 0 Å². The first-order valence-corrected chi connectivity index (χ1v) is 6.68. The van der Waals surface area contributed by atoms with Gasteiger partial charge in [0.2, 0.25) is 11.9 Å². The number of anilines is 2. The Morgan fingerprint density at radius 2 is 1.95 bits per heavy atom. The minimum Gasteiger partial charge on any atom is -0.463 e. The molecule has 0 bridgehead atoms. The van der Waals surface area contributed by atoms with E-state index in [0.717, 1.165) is 12.8 Å². The van der Waals surface area contributed by atoms with Gasteiger partial charge in [0.05, 0.1) is 13.2 Å². The molecule has 114 valence electrons. The molecule has 0 aliphatic rings. The average molecular weight is 289 g/mol. The van der Waals surface area contributed by atoms with Crippen molar-refractivity contribution in [1.29, 1.82) is 0 Å². The minimum absolute atomic E-state index is 0.150. The molecule has 1 heterocycles. The van der Waals surface area contributed by atoms with Crippen LogP contribution in [0.4, 0.5) is 20.7 Å². The maximum Gasteiger partial charge on any atom is 0.323 e. The van der Waals surface area contributed by atoms with Gasteiger partial charge in [-0.25, -0.2) is 8.78 Å². The second kappa shape index (κ2) is 8.44. The van der Waals surface area contributed by atoms with Gasteiger partial charge < -0.3 is 15.0 Å². The first-order chi connectivity index (χ1) is 9.56. The van der Waals surface area contributed by atoms with E-state index in [1.807, 2.05) is 13.8 Å². The number of alkyl halides is 2. The molecule has 0 saturated carbocycles. The lowest BCUT2D eigenvalue weighted by molar-refractivity contribution is 0.156. The molecule has 0 aliphatic heterocycles. The quantitative estimate of drug-likeness (QED) is 0.752. The molecule has 1 aromatic heterocycles. The van der Waals surface area contributed by atoms with Crippen molar-refractivity contribution in [2.75, 3.05) is 37.0 Å². The smallest absolute Gasteiger partial charge is 0.323 e. The molecule has 0 aliphatic carbocycles. The molecule has 8 heteroatoms. The Bertz CT molecular complexity index is 379. The van der Waals surface area contributed by atoms with Gasteiger partial charge >= 0.3 is 6.01 Å². The molecular formula is C12H21F2N5O. The van der Waals surface area contributed by atoms with Crippen molar-refractivity contribution in [3.05, 3.63) is 0 Å². The minimum atomic E-state index is -2.45. The van der Waals surface area contributed by atoms with Gasteiger partial charge in [-0.1, -0.05) is 13.8 Å². The highest BCUT2D eigenvalue weighted by molar-refractivity contribution is 5.37. The summed E-state index contributed by atoms with van der Waals surface area (Å²) in [6.45, 7) is 4.68. The van der Waals surface area contributed by atoms with E-state index >= 15 is 0 Å². The Morgan fingerprint density at radius 1 is 1.20 bits per heavy atom. The Labute approximate surface area is 117 Å². The number of ether oxygens (including phenoxy) is 1. The molecule has 0 unspecified atom stereocenters. The van der Waals surface area contributed by atoms with Crippen LogP contribution in [0.5, 0.6) is 6.01 Å². The summed E-state index contributed by atoms with van der Waals surface area (Å²) < 4.78 is 30.2. The van der Waals surface area contributed by atoms with Gasteiger partial charge in [0.15, 0.2) is 0 Å². The molecule has 0 fully saturated rings. The molecule has 1 rings (SSSR count). The second-order valence-electron chi connectivity index (χ2n) is 4.29. The van der Waals surface area contributed by atoms with Crippen molar-refractivity contribution in [1.82, 2.24) is 15.0 Å². The summed E-state index contributed by atoms with van der Waals surface area (Å²) in [4.78, 5) is 13.5. The lowest BCUT2D eigenvalue weighted by Gasteiger charge is -2.17. The van der Waals surface area contributed by atoms with E-state index in [9.17, 15) is 8.78 Å². The van der Waals surface area contributed by atoms with E-state index < -0.39 is 13.0 Å². The van der Waals surface area contributed by atoms with Gasteiger partial charge in [-0.05, 0) is 12.8 Å². The number of nitrogens with zero attached hydrogens (tertiary/aromatic N) is 4. The lowest BCUT2D eigenvalue weighted by Crippen LogP contribution is -2.26. The molecule has 0 atom stereocenters. The Kier molecular flexibility index (Phi) is 6.89. The van der Waals surface area contributed by atoms with Crippen molar-refractivity contribution in [2.45, 2.75) is 33.1 Å². The third kappa shape index (κ3) is 5.50. The monoisotopic (exact) mass is 289 g/mol. The first kappa shape index (κ1) is 16.3. The average Bonchev–Trinajstić information content (AvgIpc) is 2.42. The number of halogens is 2. The van der Waals surface area contributed by atoms with E-state index in [4.69, 9.17) is 4.74 Å². The molecule has 1 N–H and O–H groups in total. The first-order valence-electron chi connectivity index (χ1n) is 6.68. The van der Waals surface area contributed by atoms with Gasteiger partial charge in [-0.2, -0.15) is 15.0 Å². The summed E-state index contributed by atoms with van der Waals surface area (Å²) >= 11 is 0. The van der Waals surface area contributed by atoms with E-state index in [1.165, 1.54) is 11.9 Å². The standard InChI is InChI=1S/C12H21F2N5O/c1-4-6-15-10-16-11(19(3)8-9(13)14)18-12(17-10)20-7-5-2/h9H,4-8H2,1-3H3,(H,15,16,17,18). The van der Waals surface area contributed by atoms with Gasteiger partial charge in [0, 0.05) is 13.6 Å². The summed E-state index contributed by atoms with van der Waals surface area (Å²) in [5, 5.41) is 3.00. The van der Waals surface area contributed by atoms with E-state index in [0.29, 0.717) is 19.1 Å². The molecular weight excluding hydrogens is 268 g/mol. The van der Waals surface area contributed by atoms with Crippen LogP contribution in [0.25, 0.3) is 0 Å². The maximum atomic E-state index is 12.4. The zero-order chi connectivity index (χ0) is 15.0. The Hall–Kier alpha value is -1.73. The van der Waals surface area contributed by atoms with Crippen LogP contribution in [0.2, 0.25) is 0 Å². The predicted octanol–water partition coefficient (Wildman–Crippen LogP) is 2.18. The molecule has 1 aromatic rings. The van der Waals surface area contributed by atoms with Crippen molar-refractivity contribution >= 4 is 11.9 Å². The number of hydrogen-bond acceptors (Lipinski definition) is 6. The highest BCUT2D eigenvalue weighted by Gasteiger charge is 2.14. The molecule has 0 saturated heterocycles. The van der Waals surface area contributed by atoms with Gasteiger partial charge in [0.25, 0.3) is 6.43 Å². The fourth-order valence-electron chi connectivity index (χ4n) is 1.38. The molecule has 0 amide bonds. The second-order valence-corrected chi connectivity index (χ2v) is 4.29. The number of hydrogen-bond donors (Lipinski definition) is 1. The van der Waals surface area contributed by atoms with Crippen molar-refractivity contribution < 1.29 is 13.5 Å². The topological polar surface area (TPSA) is 63.2 Å². The summed E-state index contributed by atoms with van der Waals surface area (Å²) in [7, 11) is 1.51. The van der Waals surface area contributed by atoms with Crippen LogP contribution in [-0.2, 0) is 0 Å². The molecule has 6 nitrogen and oxygen atoms in total. The van der Waals surface area contributed by atoms with Crippen LogP contribution in [0.1, 0.15) is 26.7 Å². The fourth-order valence-corrected chi connectivity index (χ4v) is 1.38. The fraction of sp³-hybridized carbons (Fsp3) is 0.750. The molecule has 0 spiro atoms. The summed E-state index contributed by atoms with van der Waals surface area (Å²) in [6.07, 6.45) is -0.742. The zero-order valence-corrected chi connectivity index (χ0v) is 12.1. The summed E-state index contributed by atoms with van der Waals surface area (Å²) in [5.41, 5.74) is 0. The number of rotatable bonds is 9. The van der Waals surface area contributed by atoms with E-state index in [-0.39, 0.29) is 12.0 Å². The van der Waals surface area contributed by atoms with Crippen LogP contribution >= 0.6 is 0 Å². The maximum absolute atomic E-state index is 12.4. The highest BCUT2D eigenvalue weighted by Crippen LogP contribution is 2.15. The number of nitrogens with one attached hydrogen (secondary N) is 1. The predicted molar refractivity (Wildman–Crippen MR) is 73.7 cm³/mol. The van der Waals surface area contributed by atoms with Gasteiger partial charge in [0.1, 0.15) is 0 Å². The van der Waals surface area contributed by atoms with Crippen LogP contribution in [0.15, 0.2) is 0 Å². The third-order valence-electron chi connectivity index (χ3n) is 2.32. The van der Waals surface area contributed by atoms with Crippen LogP contribution in [0, 0.1) is 0 Å². The lowest BCUT2D eigenvalue weighted by atomic mass is 10.5. The molecule has 20 heavy (non-hydrogen) atoms. The Balaban J connectivity index is 2.89.